The molecule has 4 heterocycles. The number of carbonyl (C=O) groups is 2. The van der Waals surface area contributed by atoms with Crippen LogP contribution in [0, 0.1) is 6.92 Å². The van der Waals surface area contributed by atoms with Gasteiger partial charge in [0.1, 0.15) is 0 Å². The van der Waals surface area contributed by atoms with E-state index in [9.17, 15) is 18.0 Å². The number of hydrogen-bond acceptors (Lipinski definition) is 6. The zero-order valence-electron chi connectivity index (χ0n) is 21.7. The summed E-state index contributed by atoms with van der Waals surface area (Å²) in [5.74, 6) is 0.231. The van der Waals surface area contributed by atoms with Crippen molar-refractivity contribution in [3.8, 4) is 0 Å². The number of rotatable bonds is 5. The Morgan fingerprint density at radius 3 is 2.34 bits per heavy atom. The van der Waals surface area contributed by atoms with Crippen molar-refractivity contribution in [3.05, 3.63) is 59.4 Å². The number of benzene rings is 1. The van der Waals surface area contributed by atoms with Crippen LogP contribution in [-0.4, -0.2) is 72.5 Å². The Hall–Kier alpha value is -3.44. The van der Waals surface area contributed by atoms with E-state index in [1.807, 2.05) is 24.1 Å². The highest BCUT2D eigenvalue weighted by Gasteiger charge is 2.31. The van der Waals surface area contributed by atoms with Gasteiger partial charge in [-0.25, -0.2) is 17.7 Å². The maximum Gasteiger partial charge on any atom is 0.411 e. The summed E-state index contributed by atoms with van der Waals surface area (Å²) in [6, 6.07) is 10.1. The van der Waals surface area contributed by atoms with Gasteiger partial charge in [-0.05, 0) is 86.9 Å². The van der Waals surface area contributed by atoms with Gasteiger partial charge in [0.05, 0.1) is 28.8 Å². The van der Waals surface area contributed by atoms with Gasteiger partial charge in [0.2, 0.25) is 10.0 Å². The molecule has 0 atom stereocenters. The zero-order valence-corrected chi connectivity index (χ0v) is 22.5. The van der Waals surface area contributed by atoms with Crippen LogP contribution in [0.4, 0.5) is 10.5 Å². The fourth-order valence-electron chi connectivity index (χ4n) is 5.41. The number of pyridine rings is 1. The molecule has 0 radical (unpaired) electrons. The second kappa shape index (κ2) is 10.7. The predicted octanol–water partition coefficient (Wildman–Crippen LogP) is 4.02. The van der Waals surface area contributed by atoms with E-state index < -0.39 is 16.1 Å². The van der Waals surface area contributed by atoms with Crippen LogP contribution in [0.15, 0.2) is 47.5 Å². The fourth-order valence-corrected chi connectivity index (χ4v) is 6.88. The minimum Gasteiger partial charge on any atom is -0.453 e. The standard InChI is InChI=1S/C27H33N5O5S/c1-19-25(26(33)30-13-4-3-5-14-30)24-18-21(12-17-32(24)29-19)20-10-15-31(16-11-20)38(35,36)23-8-6-22(7-9-23)28-27(34)37-2/h6-9,12,17-18,20H,3-5,10-11,13-16H2,1-2H3,(H,28,34). The molecule has 0 aliphatic carbocycles. The van der Waals surface area contributed by atoms with Crippen molar-refractivity contribution >= 4 is 33.2 Å². The Balaban J connectivity index is 1.29. The van der Waals surface area contributed by atoms with Crippen molar-refractivity contribution in [2.45, 2.75) is 49.8 Å². The Morgan fingerprint density at radius 1 is 1.00 bits per heavy atom. The first-order valence-corrected chi connectivity index (χ1v) is 14.5. The van der Waals surface area contributed by atoms with Gasteiger partial charge in [-0.3, -0.25) is 10.1 Å². The van der Waals surface area contributed by atoms with Gasteiger partial charge in [0.25, 0.3) is 5.91 Å². The molecule has 2 saturated heterocycles. The minimum atomic E-state index is -3.66. The highest BCUT2D eigenvalue weighted by molar-refractivity contribution is 7.89. The molecule has 0 spiro atoms. The van der Waals surface area contributed by atoms with E-state index in [0.29, 0.717) is 37.2 Å². The first-order valence-electron chi connectivity index (χ1n) is 13.0. The normalized spacial score (nSPS) is 17.5. The lowest BCUT2D eigenvalue weighted by Gasteiger charge is -2.31. The lowest BCUT2D eigenvalue weighted by Crippen LogP contribution is -2.37. The largest absolute Gasteiger partial charge is 0.453 e. The molecule has 2 aliphatic rings. The van der Waals surface area contributed by atoms with Crippen LogP contribution in [0.3, 0.4) is 0 Å². The van der Waals surface area contributed by atoms with E-state index in [4.69, 9.17) is 0 Å². The third-order valence-corrected chi connectivity index (χ3v) is 9.45. The second-order valence-corrected chi connectivity index (χ2v) is 11.9. The van der Waals surface area contributed by atoms with Crippen LogP contribution in [0.2, 0.25) is 0 Å². The molecule has 2 aromatic heterocycles. The summed E-state index contributed by atoms with van der Waals surface area (Å²) in [6.45, 7) is 4.25. The Kier molecular flexibility index (Phi) is 7.40. The van der Waals surface area contributed by atoms with E-state index in [1.54, 1.807) is 16.6 Å². The van der Waals surface area contributed by atoms with Gasteiger partial charge in [-0.2, -0.15) is 9.40 Å². The lowest BCUT2D eigenvalue weighted by atomic mass is 9.90. The molecule has 10 nitrogen and oxygen atoms in total. The van der Waals surface area contributed by atoms with Crippen molar-refractivity contribution in [3.63, 3.8) is 0 Å². The summed E-state index contributed by atoms with van der Waals surface area (Å²) >= 11 is 0. The van der Waals surface area contributed by atoms with Crippen LogP contribution in [-0.2, 0) is 14.8 Å². The number of fused-ring (bicyclic) bond motifs is 1. The first kappa shape index (κ1) is 26.2. The Labute approximate surface area is 222 Å². The summed E-state index contributed by atoms with van der Waals surface area (Å²) in [5, 5.41) is 7.09. The second-order valence-electron chi connectivity index (χ2n) is 9.92. The van der Waals surface area contributed by atoms with E-state index in [2.05, 4.69) is 21.2 Å². The number of hydrogen-bond donors (Lipinski definition) is 1. The van der Waals surface area contributed by atoms with Gasteiger partial charge in [-0.15, -0.1) is 0 Å². The lowest BCUT2D eigenvalue weighted by molar-refractivity contribution is 0.0725. The van der Waals surface area contributed by atoms with Crippen LogP contribution in [0.1, 0.15) is 59.6 Å². The highest BCUT2D eigenvalue weighted by atomic mass is 32.2. The molecule has 0 unspecified atom stereocenters. The molecule has 3 aromatic rings. The number of nitrogens with zero attached hydrogens (tertiary/aromatic N) is 4. The topological polar surface area (TPSA) is 113 Å². The molecular formula is C27H33N5O5S. The Morgan fingerprint density at radius 2 is 1.68 bits per heavy atom. The minimum absolute atomic E-state index is 0.0445. The molecule has 1 aromatic carbocycles. The monoisotopic (exact) mass is 539 g/mol. The van der Waals surface area contributed by atoms with Crippen LogP contribution in [0.25, 0.3) is 5.52 Å². The number of sulfonamides is 1. The molecule has 11 heteroatoms. The number of ether oxygens (including phenoxy) is 1. The highest BCUT2D eigenvalue weighted by Crippen LogP contribution is 2.32. The first-order chi connectivity index (χ1) is 18.3. The summed E-state index contributed by atoms with van der Waals surface area (Å²) < 4.78 is 34.3. The predicted molar refractivity (Wildman–Crippen MR) is 143 cm³/mol. The number of methoxy groups -OCH3 is 1. The number of anilines is 1. The average Bonchev–Trinajstić information content (AvgIpc) is 3.28. The number of piperidine rings is 2. The number of likely N-dealkylation sites (tertiary alicyclic amines) is 1. The fraction of sp³-hybridized carbons (Fsp3) is 0.444. The molecule has 2 amide bonds. The number of amides is 2. The van der Waals surface area contributed by atoms with E-state index >= 15 is 0 Å². The quantitative estimate of drug-likeness (QED) is 0.524. The maximum absolute atomic E-state index is 13.3. The number of nitrogens with one attached hydrogen (secondary N) is 1. The molecule has 38 heavy (non-hydrogen) atoms. The maximum atomic E-state index is 13.3. The van der Waals surface area contributed by atoms with E-state index in [-0.39, 0.29) is 16.7 Å². The van der Waals surface area contributed by atoms with Crippen molar-refractivity contribution in [2.24, 2.45) is 0 Å². The van der Waals surface area contributed by atoms with E-state index in [1.165, 1.54) is 23.5 Å². The summed E-state index contributed by atoms with van der Waals surface area (Å²) in [6.07, 6.45) is 5.87. The van der Waals surface area contributed by atoms with Crippen LogP contribution in [0.5, 0.6) is 0 Å². The molecule has 1 N–H and O–H groups in total. The molecule has 2 aliphatic heterocycles. The van der Waals surface area contributed by atoms with Gasteiger partial charge in [0, 0.05) is 38.1 Å². The smallest absolute Gasteiger partial charge is 0.411 e. The van der Waals surface area contributed by atoms with Crippen LogP contribution >= 0.6 is 0 Å². The summed E-state index contributed by atoms with van der Waals surface area (Å²) in [7, 11) is -2.39. The van der Waals surface area contributed by atoms with E-state index in [0.717, 1.165) is 49.1 Å². The number of aromatic nitrogens is 2. The van der Waals surface area contributed by atoms with Crippen LogP contribution < -0.4 is 5.32 Å². The van der Waals surface area contributed by atoms with Gasteiger partial charge < -0.3 is 9.64 Å². The van der Waals surface area contributed by atoms with Crippen molar-refractivity contribution in [1.82, 2.24) is 18.8 Å². The van der Waals surface area contributed by atoms with Crippen molar-refractivity contribution in [2.75, 3.05) is 38.6 Å². The average molecular weight is 540 g/mol. The SMILES string of the molecule is COC(=O)Nc1ccc(S(=O)(=O)N2CCC(c3ccn4nc(C)c(C(=O)N5CCCCC5)c4c3)CC2)cc1. The summed E-state index contributed by atoms with van der Waals surface area (Å²) in [4.78, 5) is 26.8. The molecule has 5 rings (SSSR count). The third-order valence-electron chi connectivity index (χ3n) is 7.54. The number of carbonyl (C=O) groups excluding carboxylic acids is 2. The molecule has 0 saturated carbocycles. The molecular weight excluding hydrogens is 506 g/mol. The molecule has 202 valence electrons. The van der Waals surface area contributed by atoms with Crippen molar-refractivity contribution < 1.29 is 22.7 Å². The zero-order chi connectivity index (χ0) is 26.9. The van der Waals surface area contributed by atoms with Gasteiger partial charge in [-0.1, -0.05) is 0 Å². The molecule has 0 bridgehead atoms. The third kappa shape index (κ3) is 5.12. The Bertz CT molecular complexity index is 1440. The van der Waals surface area contributed by atoms with Crippen molar-refractivity contribution in [1.29, 1.82) is 0 Å². The van der Waals surface area contributed by atoms with Gasteiger partial charge in [0.15, 0.2) is 0 Å². The summed E-state index contributed by atoms with van der Waals surface area (Å²) in [5.41, 5.74) is 3.76. The molecule has 2 fully saturated rings. The number of aryl methyl sites for hydroxylation is 1. The van der Waals surface area contributed by atoms with Gasteiger partial charge >= 0.3 is 6.09 Å².